The Morgan fingerprint density at radius 3 is 1.55 bits per heavy atom. The Labute approximate surface area is 441 Å². The lowest BCUT2D eigenvalue weighted by Crippen LogP contribution is -2.58. The Kier molecular flexibility index (Phi) is 9.84. The highest BCUT2D eigenvalue weighted by Gasteiger charge is 2.63. The van der Waals surface area contributed by atoms with Gasteiger partial charge >= 0.3 is 0 Å². The van der Waals surface area contributed by atoms with E-state index in [2.05, 4.69) is 273 Å². The molecule has 4 aliphatic carbocycles. The van der Waals surface area contributed by atoms with Crippen LogP contribution in [0, 0.1) is 23.2 Å². The van der Waals surface area contributed by atoms with Gasteiger partial charge in [-0.05, 0) is 176 Å². The van der Waals surface area contributed by atoms with Crippen LogP contribution in [0.4, 0.5) is 17.1 Å². The quantitative estimate of drug-likeness (QED) is 0.161. The van der Waals surface area contributed by atoms with E-state index in [9.17, 15) is 0 Å². The summed E-state index contributed by atoms with van der Waals surface area (Å²) >= 11 is 0. The molecule has 11 aromatic rings. The predicted octanol–water partition coefficient (Wildman–Crippen LogP) is 19.0. The topological polar surface area (TPSA) is 8.17 Å². The van der Waals surface area contributed by atoms with Crippen molar-refractivity contribution in [1.82, 2.24) is 4.57 Å². The number of para-hydroxylation sites is 2. The summed E-state index contributed by atoms with van der Waals surface area (Å²) in [4.78, 5) is 2.53. The monoisotopic (exact) mass is 964 g/mol. The molecule has 1 heterocycles. The molecule has 75 heavy (non-hydrogen) atoms. The van der Waals surface area contributed by atoms with Crippen molar-refractivity contribution in [2.45, 2.75) is 57.3 Å². The molecule has 15 rings (SSSR count). The van der Waals surface area contributed by atoms with Crippen LogP contribution in [-0.4, -0.2) is 4.57 Å². The Balaban J connectivity index is 0.949. The highest BCUT2D eigenvalue weighted by Crippen LogP contribution is 2.70. The minimum Gasteiger partial charge on any atom is -0.310 e. The van der Waals surface area contributed by atoms with Crippen molar-refractivity contribution >= 4 is 38.9 Å². The fraction of sp³-hybridized carbons (Fsp3) is 0.178. The van der Waals surface area contributed by atoms with E-state index in [1.165, 1.54) is 109 Å². The molecule has 0 radical (unpaired) electrons. The van der Waals surface area contributed by atoms with Gasteiger partial charge in [-0.1, -0.05) is 203 Å². The zero-order chi connectivity index (χ0) is 50.0. The summed E-state index contributed by atoms with van der Waals surface area (Å²) in [6.07, 6.45) is 4.97. The second-order valence-electron chi connectivity index (χ2n) is 23.2. The molecule has 4 atom stereocenters. The number of aromatic nitrogens is 1. The first-order chi connectivity index (χ1) is 36.8. The molecule has 2 bridgehead atoms. The van der Waals surface area contributed by atoms with Crippen LogP contribution >= 0.6 is 0 Å². The van der Waals surface area contributed by atoms with Gasteiger partial charge in [-0.3, -0.25) is 0 Å². The van der Waals surface area contributed by atoms with Crippen LogP contribution in [0.3, 0.4) is 0 Å². The summed E-state index contributed by atoms with van der Waals surface area (Å²) < 4.78 is 2.42. The molecule has 0 saturated heterocycles. The maximum absolute atomic E-state index is 2.66. The Bertz CT molecular complexity index is 3920. The average molecular weight is 965 g/mol. The number of rotatable bonds is 6. The van der Waals surface area contributed by atoms with E-state index in [0.717, 1.165) is 17.1 Å². The van der Waals surface area contributed by atoms with Gasteiger partial charge in [0.2, 0.25) is 0 Å². The molecule has 0 N–H and O–H groups in total. The fourth-order valence-electron chi connectivity index (χ4n) is 15.9. The minimum atomic E-state index is -0.504. The molecule has 2 unspecified atom stereocenters. The van der Waals surface area contributed by atoms with E-state index in [-0.39, 0.29) is 10.8 Å². The van der Waals surface area contributed by atoms with Gasteiger partial charge in [0.1, 0.15) is 0 Å². The summed E-state index contributed by atoms with van der Waals surface area (Å²) in [5.41, 5.74) is 23.0. The smallest absolute Gasteiger partial charge is 0.0720 e. The SMILES string of the molecule is CC1C[C@@H]2CC(C)(C)C[C@H](C1)C21c2ccccc2C2(c3ccccc3-c3ccccc32)c2cc(N(c3ccc(-c4cccc(-n5c6ccccc6c6ccccc65)c4)cc3)c3cccc(-c4ccccc4)c3)ccc21. The number of benzene rings is 10. The lowest BCUT2D eigenvalue weighted by atomic mass is 9.40. The molecule has 2 spiro atoms. The van der Waals surface area contributed by atoms with Gasteiger partial charge in [-0.15, -0.1) is 0 Å². The zero-order valence-corrected chi connectivity index (χ0v) is 43.0. The van der Waals surface area contributed by atoms with Crippen LogP contribution in [0.25, 0.3) is 60.9 Å². The van der Waals surface area contributed by atoms with Crippen molar-refractivity contribution < 1.29 is 0 Å². The van der Waals surface area contributed by atoms with Crippen LogP contribution in [0.2, 0.25) is 0 Å². The number of hydrogen-bond donors (Lipinski definition) is 0. The van der Waals surface area contributed by atoms with Crippen molar-refractivity contribution in [1.29, 1.82) is 0 Å². The Hall–Kier alpha value is -8.20. The molecule has 0 aliphatic heterocycles. The van der Waals surface area contributed by atoms with Crippen molar-refractivity contribution in [2.75, 3.05) is 4.90 Å². The Morgan fingerprint density at radius 1 is 0.387 bits per heavy atom. The second-order valence-corrected chi connectivity index (χ2v) is 23.2. The molecule has 10 aromatic carbocycles. The first-order valence-corrected chi connectivity index (χ1v) is 27.4. The van der Waals surface area contributed by atoms with Crippen LogP contribution in [-0.2, 0) is 10.8 Å². The second kappa shape index (κ2) is 16.7. The van der Waals surface area contributed by atoms with E-state index < -0.39 is 5.41 Å². The van der Waals surface area contributed by atoms with Crippen LogP contribution in [0.15, 0.2) is 243 Å². The molecule has 4 aliphatic rings. The van der Waals surface area contributed by atoms with E-state index in [4.69, 9.17) is 0 Å². The maximum Gasteiger partial charge on any atom is 0.0720 e. The standard InChI is InChI=1S/C73H60N2/c1-48-41-53-46-71(2,3)47-54(42-48)72(53)65-31-13-14-32-66(65)73(63-29-11-7-25-59(63)60-26-8-12-30-64(60)73)68-45-58(39-40-67(68)72)74(56-23-17-21-51(43-56)49-19-5-4-6-20-49)55-37-35-50(36-38-55)52-22-18-24-57(44-52)75-69-33-15-9-27-61(69)62-28-10-16-34-70(62)75/h4-40,43-45,48,53-54H,41-42,46-47H2,1-3H3/t48?,53-,54+,72?. The largest absolute Gasteiger partial charge is 0.310 e. The molecule has 1 aromatic heterocycles. The number of fused-ring (bicyclic) bond motifs is 12. The summed E-state index contributed by atoms with van der Waals surface area (Å²) in [7, 11) is 0. The van der Waals surface area contributed by atoms with Crippen molar-refractivity contribution in [3.63, 3.8) is 0 Å². The molecule has 362 valence electrons. The van der Waals surface area contributed by atoms with Gasteiger partial charge in [0.15, 0.2) is 0 Å². The highest BCUT2D eigenvalue weighted by atomic mass is 15.1. The fourth-order valence-corrected chi connectivity index (χ4v) is 15.9. The molecule has 2 fully saturated rings. The molecular weight excluding hydrogens is 905 g/mol. The van der Waals surface area contributed by atoms with E-state index in [0.29, 0.717) is 17.8 Å². The summed E-state index contributed by atoms with van der Waals surface area (Å²) in [6.45, 7) is 7.63. The normalized spacial score (nSPS) is 20.4. The third-order valence-corrected chi connectivity index (χ3v) is 18.5. The van der Waals surface area contributed by atoms with E-state index in [1.54, 1.807) is 11.1 Å². The van der Waals surface area contributed by atoms with Crippen molar-refractivity contribution in [3.8, 4) is 39.1 Å². The first kappa shape index (κ1) is 44.3. The first-order valence-electron chi connectivity index (χ1n) is 27.4. The molecule has 2 nitrogen and oxygen atoms in total. The minimum absolute atomic E-state index is 0.0995. The van der Waals surface area contributed by atoms with Gasteiger partial charge in [-0.2, -0.15) is 0 Å². The van der Waals surface area contributed by atoms with Crippen LogP contribution in [0.1, 0.15) is 79.8 Å². The summed E-state index contributed by atoms with van der Waals surface area (Å²) in [5.74, 6) is 1.77. The van der Waals surface area contributed by atoms with Gasteiger partial charge in [0.25, 0.3) is 0 Å². The predicted molar refractivity (Wildman–Crippen MR) is 313 cm³/mol. The third-order valence-electron chi connectivity index (χ3n) is 18.5. The van der Waals surface area contributed by atoms with Gasteiger partial charge in [0, 0.05) is 38.9 Å². The van der Waals surface area contributed by atoms with Gasteiger partial charge in [0.05, 0.1) is 16.4 Å². The lowest BCUT2D eigenvalue weighted by molar-refractivity contribution is -0.0137. The molecule has 0 amide bonds. The highest BCUT2D eigenvalue weighted by molar-refractivity contribution is 6.09. The molecule has 2 heteroatoms. The lowest BCUT2D eigenvalue weighted by Gasteiger charge is -2.63. The Morgan fingerprint density at radius 2 is 0.880 bits per heavy atom. The summed E-state index contributed by atoms with van der Waals surface area (Å²) in [5, 5.41) is 2.54. The molecular formula is C73H60N2. The third kappa shape index (κ3) is 6.45. The summed E-state index contributed by atoms with van der Waals surface area (Å²) in [6, 6.07) is 92.2. The number of nitrogens with zero attached hydrogens (tertiary/aromatic N) is 2. The number of anilines is 3. The van der Waals surface area contributed by atoms with Gasteiger partial charge in [-0.25, -0.2) is 0 Å². The average Bonchev–Trinajstić information content (AvgIpc) is 3.95. The van der Waals surface area contributed by atoms with Crippen LogP contribution < -0.4 is 4.90 Å². The zero-order valence-electron chi connectivity index (χ0n) is 43.0. The van der Waals surface area contributed by atoms with Crippen molar-refractivity contribution in [3.05, 3.63) is 276 Å². The van der Waals surface area contributed by atoms with Crippen molar-refractivity contribution in [2.24, 2.45) is 23.2 Å². The van der Waals surface area contributed by atoms with Crippen LogP contribution in [0.5, 0.6) is 0 Å². The van der Waals surface area contributed by atoms with E-state index >= 15 is 0 Å². The molecule has 2 saturated carbocycles. The van der Waals surface area contributed by atoms with Gasteiger partial charge < -0.3 is 9.47 Å². The van der Waals surface area contributed by atoms with E-state index in [1.807, 2.05) is 0 Å². The maximum atomic E-state index is 2.66. The number of hydrogen-bond acceptors (Lipinski definition) is 1.